The van der Waals surface area contributed by atoms with E-state index in [0.29, 0.717) is 10.7 Å². The Kier molecular flexibility index (Phi) is 2.80. The number of benzene rings is 1. The molecule has 5 nitrogen and oxygen atoms in total. The van der Waals surface area contributed by atoms with Gasteiger partial charge in [0.25, 0.3) is 0 Å². The average molecular weight is 240 g/mol. The normalized spacial score (nSPS) is 20.9. The van der Waals surface area contributed by atoms with Gasteiger partial charge >= 0.3 is 6.03 Å². The number of anilines is 1. The van der Waals surface area contributed by atoms with Gasteiger partial charge in [-0.25, -0.2) is 4.79 Å². The van der Waals surface area contributed by atoms with E-state index < -0.39 is 12.2 Å². The monoisotopic (exact) mass is 239 g/mol. The first-order chi connectivity index (χ1) is 7.58. The number of hydrogen-bond acceptors (Lipinski definition) is 3. The van der Waals surface area contributed by atoms with E-state index in [1.807, 2.05) is 0 Å². The smallest absolute Gasteiger partial charge is 0.310 e. The van der Waals surface area contributed by atoms with Crippen LogP contribution in [0.3, 0.4) is 0 Å². The van der Waals surface area contributed by atoms with Gasteiger partial charge < -0.3 is 5.73 Å². The molecule has 0 aliphatic carbocycles. The molecule has 84 valence electrons. The number of amides is 3. The Labute approximate surface area is 97.2 Å². The summed E-state index contributed by atoms with van der Waals surface area (Å²) in [5.41, 5.74) is 6.35. The first-order valence-corrected chi connectivity index (χ1v) is 5.10. The number of carbonyl (C=O) groups excluding carboxylic acids is 2. The Balaban J connectivity index is 2.29. The highest BCUT2D eigenvalue weighted by Gasteiger charge is 2.30. The van der Waals surface area contributed by atoms with Gasteiger partial charge in [0, 0.05) is 10.7 Å². The lowest BCUT2D eigenvalue weighted by Crippen LogP contribution is -2.58. The molecule has 6 heteroatoms. The third-order valence-electron chi connectivity index (χ3n) is 2.30. The topological polar surface area (TPSA) is 75.4 Å². The molecule has 16 heavy (non-hydrogen) atoms. The summed E-state index contributed by atoms with van der Waals surface area (Å²) in [4.78, 5) is 24.0. The molecule has 1 aromatic carbocycles. The maximum atomic E-state index is 11.6. The fraction of sp³-hybridized carbons (Fsp3) is 0.200. The Hall–Kier alpha value is -1.59. The van der Waals surface area contributed by atoms with Gasteiger partial charge in [0.15, 0.2) is 0 Å². The Morgan fingerprint density at radius 2 is 1.94 bits per heavy atom. The predicted octanol–water partition coefficient (Wildman–Crippen LogP) is 1.07. The minimum Gasteiger partial charge on any atom is -0.310 e. The van der Waals surface area contributed by atoms with E-state index in [0.717, 1.165) is 0 Å². The van der Waals surface area contributed by atoms with Crippen LogP contribution in [-0.2, 0) is 4.79 Å². The SMILES string of the molecule is NC1CC(=O)NC(=O)N1c1ccc(Cl)cc1. The van der Waals surface area contributed by atoms with Crippen LogP contribution in [0.5, 0.6) is 0 Å². The standard InChI is InChI=1S/C10H10ClN3O2/c11-6-1-3-7(4-2-6)14-8(12)5-9(15)13-10(14)16/h1-4,8H,5,12H2,(H,13,15,16). The molecule has 1 saturated heterocycles. The molecule has 1 aromatic rings. The van der Waals surface area contributed by atoms with Gasteiger partial charge in [-0.1, -0.05) is 11.6 Å². The van der Waals surface area contributed by atoms with Crippen molar-refractivity contribution in [3.05, 3.63) is 29.3 Å². The number of nitrogens with two attached hydrogens (primary N) is 1. The van der Waals surface area contributed by atoms with Crippen molar-refractivity contribution in [3.63, 3.8) is 0 Å². The van der Waals surface area contributed by atoms with Crippen LogP contribution in [-0.4, -0.2) is 18.1 Å². The quantitative estimate of drug-likeness (QED) is 0.770. The maximum absolute atomic E-state index is 11.6. The van der Waals surface area contributed by atoms with Crippen molar-refractivity contribution in [2.75, 3.05) is 4.90 Å². The van der Waals surface area contributed by atoms with Crippen LogP contribution in [0.4, 0.5) is 10.5 Å². The summed E-state index contributed by atoms with van der Waals surface area (Å²) in [7, 11) is 0. The van der Waals surface area contributed by atoms with Crippen molar-refractivity contribution < 1.29 is 9.59 Å². The van der Waals surface area contributed by atoms with Crippen LogP contribution >= 0.6 is 11.6 Å². The summed E-state index contributed by atoms with van der Waals surface area (Å²) < 4.78 is 0. The largest absolute Gasteiger partial charge is 0.329 e. The molecule has 1 heterocycles. The highest BCUT2D eigenvalue weighted by molar-refractivity contribution is 6.30. The molecule has 0 spiro atoms. The minimum atomic E-state index is -0.637. The first-order valence-electron chi connectivity index (χ1n) is 4.72. The third-order valence-corrected chi connectivity index (χ3v) is 2.55. The maximum Gasteiger partial charge on any atom is 0.329 e. The van der Waals surface area contributed by atoms with Crippen LogP contribution in [0.15, 0.2) is 24.3 Å². The zero-order valence-electron chi connectivity index (χ0n) is 8.31. The van der Waals surface area contributed by atoms with E-state index in [4.69, 9.17) is 17.3 Å². The summed E-state index contributed by atoms with van der Waals surface area (Å²) in [6.45, 7) is 0. The van der Waals surface area contributed by atoms with Crippen molar-refractivity contribution in [2.24, 2.45) is 5.73 Å². The van der Waals surface area contributed by atoms with E-state index in [2.05, 4.69) is 5.32 Å². The number of rotatable bonds is 1. The molecule has 1 aliphatic rings. The van der Waals surface area contributed by atoms with Crippen LogP contribution in [0.2, 0.25) is 5.02 Å². The second-order valence-corrected chi connectivity index (χ2v) is 3.91. The highest BCUT2D eigenvalue weighted by atomic mass is 35.5. The van der Waals surface area contributed by atoms with E-state index in [9.17, 15) is 9.59 Å². The van der Waals surface area contributed by atoms with Gasteiger partial charge in [0.05, 0.1) is 12.6 Å². The number of urea groups is 1. The number of imide groups is 1. The number of nitrogens with zero attached hydrogens (tertiary/aromatic N) is 1. The molecule has 3 N–H and O–H groups in total. The van der Waals surface area contributed by atoms with Crippen molar-refractivity contribution in [2.45, 2.75) is 12.6 Å². The molecular formula is C10H10ClN3O2. The van der Waals surface area contributed by atoms with Crippen LogP contribution in [0.25, 0.3) is 0 Å². The van der Waals surface area contributed by atoms with Gasteiger partial charge in [-0.3, -0.25) is 15.0 Å². The molecule has 0 bridgehead atoms. The fourth-order valence-corrected chi connectivity index (χ4v) is 1.70. The van der Waals surface area contributed by atoms with E-state index in [1.54, 1.807) is 24.3 Å². The van der Waals surface area contributed by atoms with Gasteiger partial charge in [0.2, 0.25) is 5.91 Å². The predicted molar refractivity (Wildman–Crippen MR) is 60.1 cm³/mol. The van der Waals surface area contributed by atoms with Crippen molar-refractivity contribution in [1.82, 2.24) is 5.32 Å². The van der Waals surface area contributed by atoms with Crippen molar-refractivity contribution in [3.8, 4) is 0 Å². The molecule has 0 saturated carbocycles. The lowest BCUT2D eigenvalue weighted by atomic mass is 10.2. The van der Waals surface area contributed by atoms with Crippen molar-refractivity contribution in [1.29, 1.82) is 0 Å². The summed E-state index contributed by atoms with van der Waals surface area (Å²) in [5.74, 6) is -0.359. The van der Waals surface area contributed by atoms with Gasteiger partial charge in [-0.05, 0) is 24.3 Å². The van der Waals surface area contributed by atoms with Crippen LogP contribution in [0.1, 0.15) is 6.42 Å². The molecule has 1 atom stereocenters. The second kappa shape index (κ2) is 4.11. The molecule has 3 amide bonds. The third kappa shape index (κ3) is 2.00. The number of halogens is 1. The molecule has 1 aliphatic heterocycles. The summed E-state index contributed by atoms with van der Waals surface area (Å²) in [6.07, 6.45) is -0.545. The average Bonchev–Trinajstić information content (AvgIpc) is 2.19. The second-order valence-electron chi connectivity index (χ2n) is 3.47. The number of nitrogens with one attached hydrogen (secondary N) is 1. The van der Waals surface area contributed by atoms with Gasteiger partial charge in [0.1, 0.15) is 0 Å². The van der Waals surface area contributed by atoms with Crippen molar-refractivity contribution >= 4 is 29.2 Å². The van der Waals surface area contributed by atoms with Crippen LogP contribution < -0.4 is 16.0 Å². The minimum absolute atomic E-state index is 0.0916. The summed E-state index contributed by atoms with van der Waals surface area (Å²) >= 11 is 5.74. The fourth-order valence-electron chi connectivity index (χ4n) is 1.57. The first kappa shape index (κ1) is 10.9. The Bertz CT molecular complexity index is 432. The molecule has 1 unspecified atom stereocenters. The van der Waals surface area contributed by atoms with Gasteiger partial charge in [-0.2, -0.15) is 0 Å². The lowest BCUT2D eigenvalue weighted by Gasteiger charge is -2.32. The molecule has 1 fully saturated rings. The number of hydrogen-bond donors (Lipinski definition) is 2. The lowest BCUT2D eigenvalue weighted by molar-refractivity contribution is -0.120. The number of carbonyl (C=O) groups is 2. The Morgan fingerprint density at radius 3 is 2.50 bits per heavy atom. The zero-order valence-corrected chi connectivity index (χ0v) is 9.07. The van der Waals surface area contributed by atoms with Gasteiger partial charge in [-0.15, -0.1) is 0 Å². The van der Waals surface area contributed by atoms with Crippen LogP contribution in [0, 0.1) is 0 Å². The van der Waals surface area contributed by atoms with E-state index in [-0.39, 0.29) is 12.3 Å². The summed E-state index contributed by atoms with van der Waals surface area (Å²) in [5, 5.41) is 2.78. The zero-order chi connectivity index (χ0) is 11.7. The molecule has 0 radical (unpaired) electrons. The molecule has 2 rings (SSSR count). The molecular weight excluding hydrogens is 230 g/mol. The Morgan fingerprint density at radius 1 is 1.31 bits per heavy atom. The van der Waals surface area contributed by atoms with E-state index >= 15 is 0 Å². The highest BCUT2D eigenvalue weighted by Crippen LogP contribution is 2.21. The van der Waals surface area contributed by atoms with E-state index in [1.165, 1.54) is 4.90 Å². The summed E-state index contributed by atoms with van der Waals surface area (Å²) in [6, 6.07) is 6.17. The molecule has 0 aromatic heterocycles.